The standard InChI is InChI=1S/C9H19NO/c1-4-9-5-6-10(9)7-8(2)11-3/h8-9H,4-7H2,1-3H3. The molecule has 0 saturated carbocycles. The summed E-state index contributed by atoms with van der Waals surface area (Å²) in [6, 6.07) is 0.840. The SMILES string of the molecule is CCC1CCN1CC(C)OC. The van der Waals surface area contributed by atoms with E-state index in [9.17, 15) is 0 Å². The molecule has 0 radical (unpaired) electrons. The molecule has 1 aliphatic heterocycles. The molecule has 11 heavy (non-hydrogen) atoms. The second-order valence-electron chi connectivity index (χ2n) is 3.39. The molecule has 0 aromatic heterocycles. The monoisotopic (exact) mass is 157 g/mol. The van der Waals surface area contributed by atoms with Crippen LogP contribution in [0, 0.1) is 0 Å². The molecule has 2 unspecified atom stereocenters. The summed E-state index contributed by atoms with van der Waals surface area (Å²) >= 11 is 0. The first kappa shape index (κ1) is 9.01. The predicted molar refractivity (Wildman–Crippen MR) is 46.7 cm³/mol. The summed E-state index contributed by atoms with van der Waals surface area (Å²) in [5.41, 5.74) is 0. The van der Waals surface area contributed by atoms with Crippen LogP contribution in [0.1, 0.15) is 26.7 Å². The van der Waals surface area contributed by atoms with Crippen molar-refractivity contribution in [3.8, 4) is 0 Å². The van der Waals surface area contributed by atoms with Crippen LogP contribution in [0.5, 0.6) is 0 Å². The molecule has 1 saturated heterocycles. The average Bonchev–Trinajstić information content (AvgIpc) is 1.98. The topological polar surface area (TPSA) is 12.5 Å². The molecule has 1 fully saturated rings. The summed E-state index contributed by atoms with van der Waals surface area (Å²) in [7, 11) is 1.78. The van der Waals surface area contributed by atoms with Gasteiger partial charge in [0.25, 0.3) is 0 Å². The lowest BCUT2D eigenvalue weighted by Crippen LogP contribution is -2.50. The van der Waals surface area contributed by atoms with Gasteiger partial charge in [0.2, 0.25) is 0 Å². The predicted octanol–water partition coefficient (Wildman–Crippen LogP) is 1.51. The summed E-state index contributed by atoms with van der Waals surface area (Å²) in [4.78, 5) is 2.51. The van der Waals surface area contributed by atoms with E-state index in [1.807, 2.05) is 0 Å². The highest BCUT2D eigenvalue weighted by Gasteiger charge is 2.26. The first-order valence-corrected chi connectivity index (χ1v) is 4.54. The van der Waals surface area contributed by atoms with Crippen molar-refractivity contribution in [2.24, 2.45) is 0 Å². The van der Waals surface area contributed by atoms with E-state index in [1.54, 1.807) is 7.11 Å². The van der Waals surface area contributed by atoms with Crippen molar-refractivity contribution in [2.45, 2.75) is 38.8 Å². The summed E-state index contributed by atoms with van der Waals surface area (Å²) in [5, 5.41) is 0. The maximum atomic E-state index is 5.21. The zero-order valence-electron chi connectivity index (χ0n) is 7.84. The van der Waals surface area contributed by atoms with Crippen LogP contribution in [0.15, 0.2) is 0 Å². The second kappa shape index (κ2) is 4.07. The molecule has 0 bridgehead atoms. The molecule has 1 heterocycles. The number of hydrogen-bond acceptors (Lipinski definition) is 2. The van der Waals surface area contributed by atoms with Gasteiger partial charge in [-0.25, -0.2) is 0 Å². The lowest BCUT2D eigenvalue weighted by Gasteiger charge is -2.41. The van der Waals surface area contributed by atoms with E-state index in [4.69, 9.17) is 4.74 Å². The Morgan fingerprint density at radius 2 is 2.36 bits per heavy atom. The fraction of sp³-hybridized carbons (Fsp3) is 1.00. The van der Waals surface area contributed by atoms with E-state index in [0.717, 1.165) is 12.6 Å². The fourth-order valence-corrected chi connectivity index (χ4v) is 1.60. The van der Waals surface area contributed by atoms with Gasteiger partial charge >= 0.3 is 0 Å². The maximum Gasteiger partial charge on any atom is 0.0670 e. The van der Waals surface area contributed by atoms with Crippen LogP contribution < -0.4 is 0 Å². The van der Waals surface area contributed by atoms with Crippen molar-refractivity contribution in [3.63, 3.8) is 0 Å². The molecule has 66 valence electrons. The Labute approximate surface area is 69.5 Å². The van der Waals surface area contributed by atoms with Crippen LogP contribution in [0.3, 0.4) is 0 Å². The molecule has 0 aromatic rings. The molecule has 1 aliphatic rings. The Morgan fingerprint density at radius 1 is 1.64 bits per heavy atom. The number of nitrogens with zero attached hydrogens (tertiary/aromatic N) is 1. The first-order valence-electron chi connectivity index (χ1n) is 4.54. The minimum absolute atomic E-state index is 0.393. The van der Waals surface area contributed by atoms with E-state index in [0.29, 0.717) is 6.10 Å². The molecule has 1 rings (SSSR count). The Bertz CT molecular complexity index is 114. The van der Waals surface area contributed by atoms with Crippen molar-refractivity contribution in [3.05, 3.63) is 0 Å². The molecular weight excluding hydrogens is 138 g/mol. The largest absolute Gasteiger partial charge is 0.380 e. The smallest absolute Gasteiger partial charge is 0.0670 e. The number of methoxy groups -OCH3 is 1. The third-order valence-corrected chi connectivity index (χ3v) is 2.63. The summed E-state index contributed by atoms with van der Waals surface area (Å²) in [6.45, 7) is 6.76. The van der Waals surface area contributed by atoms with Gasteiger partial charge in [0.05, 0.1) is 6.10 Å². The van der Waals surface area contributed by atoms with Crippen molar-refractivity contribution in [1.82, 2.24) is 4.90 Å². The van der Waals surface area contributed by atoms with Gasteiger partial charge in [-0.2, -0.15) is 0 Å². The molecule has 0 aliphatic carbocycles. The van der Waals surface area contributed by atoms with Crippen molar-refractivity contribution >= 4 is 0 Å². The number of hydrogen-bond donors (Lipinski definition) is 0. The zero-order valence-corrected chi connectivity index (χ0v) is 7.84. The Morgan fingerprint density at radius 3 is 2.73 bits per heavy atom. The van der Waals surface area contributed by atoms with Crippen LogP contribution in [0.25, 0.3) is 0 Å². The highest BCUT2D eigenvalue weighted by atomic mass is 16.5. The lowest BCUT2D eigenvalue weighted by molar-refractivity contribution is 0.0163. The minimum atomic E-state index is 0.393. The summed E-state index contributed by atoms with van der Waals surface area (Å²) < 4.78 is 5.21. The Hall–Kier alpha value is -0.0800. The average molecular weight is 157 g/mol. The Kier molecular flexibility index (Phi) is 3.34. The third kappa shape index (κ3) is 2.17. The van der Waals surface area contributed by atoms with E-state index in [2.05, 4.69) is 18.7 Å². The highest BCUT2D eigenvalue weighted by molar-refractivity contribution is 4.82. The van der Waals surface area contributed by atoms with E-state index in [-0.39, 0.29) is 0 Å². The van der Waals surface area contributed by atoms with Gasteiger partial charge in [-0.15, -0.1) is 0 Å². The molecule has 2 heteroatoms. The number of likely N-dealkylation sites (tertiary alicyclic amines) is 1. The normalized spacial score (nSPS) is 28.1. The van der Waals surface area contributed by atoms with Crippen LogP contribution in [-0.2, 0) is 4.74 Å². The van der Waals surface area contributed by atoms with Gasteiger partial charge in [0, 0.05) is 26.2 Å². The molecular formula is C9H19NO. The van der Waals surface area contributed by atoms with Gasteiger partial charge in [-0.1, -0.05) is 6.92 Å². The molecule has 0 spiro atoms. The van der Waals surface area contributed by atoms with Crippen LogP contribution in [0.2, 0.25) is 0 Å². The van der Waals surface area contributed by atoms with Gasteiger partial charge in [0.1, 0.15) is 0 Å². The van der Waals surface area contributed by atoms with E-state index < -0.39 is 0 Å². The number of rotatable bonds is 4. The lowest BCUT2D eigenvalue weighted by atomic mass is 10.0. The summed E-state index contributed by atoms with van der Waals surface area (Å²) in [6.07, 6.45) is 3.06. The van der Waals surface area contributed by atoms with Crippen LogP contribution in [0.4, 0.5) is 0 Å². The van der Waals surface area contributed by atoms with Crippen LogP contribution >= 0.6 is 0 Å². The van der Waals surface area contributed by atoms with Gasteiger partial charge in [0.15, 0.2) is 0 Å². The van der Waals surface area contributed by atoms with Gasteiger partial charge in [-0.3, -0.25) is 4.90 Å². The maximum absolute atomic E-state index is 5.21. The zero-order chi connectivity index (χ0) is 8.27. The quantitative estimate of drug-likeness (QED) is 0.613. The Balaban J connectivity index is 2.16. The van der Waals surface area contributed by atoms with Crippen LogP contribution in [-0.4, -0.2) is 37.2 Å². The molecule has 0 amide bonds. The van der Waals surface area contributed by atoms with Crippen molar-refractivity contribution < 1.29 is 4.74 Å². The minimum Gasteiger partial charge on any atom is -0.380 e. The first-order chi connectivity index (χ1) is 5.27. The molecule has 0 aromatic carbocycles. The highest BCUT2D eigenvalue weighted by Crippen LogP contribution is 2.20. The van der Waals surface area contributed by atoms with Gasteiger partial charge < -0.3 is 4.74 Å². The fourth-order valence-electron chi connectivity index (χ4n) is 1.60. The van der Waals surface area contributed by atoms with E-state index >= 15 is 0 Å². The third-order valence-electron chi connectivity index (χ3n) is 2.63. The second-order valence-corrected chi connectivity index (χ2v) is 3.39. The molecule has 2 atom stereocenters. The number of ether oxygens (including phenoxy) is 1. The van der Waals surface area contributed by atoms with Gasteiger partial charge in [-0.05, 0) is 19.8 Å². The van der Waals surface area contributed by atoms with E-state index in [1.165, 1.54) is 19.4 Å². The van der Waals surface area contributed by atoms with Crippen molar-refractivity contribution in [1.29, 1.82) is 0 Å². The molecule has 2 nitrogen and oxygen atoms in total. The van der Waals surface area contributed by atoms with Crippen molar-refractivity contribution in [2.75, 3.05) is 20.2 Å². The molecule has 0 N–H and O–H groups in total. The summed E-state index contributed by atoms with van der Waals surface area (Å²) in [5.74, 6) is 0.